The number of benzene rings is 3. The summed E-state index contributed by atoms with van der Waals surface area (Å²) in [6.07, 6.45) is 1.40. The fourth-order valence-electron chi connectivity index (χ4n) is 2.38. The number of hydrogen-bond donors (Lipinski definition) is 1. The largest absolute Gasteiger partial charge is 0.497 e. The van der Waals surface area contributed by atoms with Crippen LogP contribution in [0.1, 0.15) is 15.9 Å². The van der Waals surface area contributed by atoms with Crippen LogP contribution in [0.3, 0.4) is 0 Å². The average Bonchev–Trinajstić information content (AvgIpc) is 2.74. The molecule has 3 aromatic rings. The van der Waals surface area contributed by atoms with E-state index < -0.39 is 10.1 Å². The highest BCUT2D eigenvalue weighted by atomic mass is 32.2. The topological polar surface area (TPSA) is 94.1 Å². The summed E-state index contributed by atoms with van der Waals surface area (Å²) in [5.74, 6) is 0.315. The smallest absolute Gasteiger partial charge is 0.339 e. The predicted octanol–water partition coefficient (Wildman–Crippen LogP) is 3.23. The number of carbonyl (C=O) groups is 1. The summed E-state index contributed by atoms with van der Waals surface area (Å²) in [5, 5.41) is 3.89. The first kappa shape index (κ1) is 20.1. The summed E-state index contributed by atoms with van der Waals surface area (Å²) in [4.78, 5) is 12.0. The molecule has 0 saturated carbocycles. The summed E-state index contributed by atoms with van der Waals surface area (Å²) in [5.41, 5.74) is 3.45. The fraction of sp³-hybridized carbons (Fsp3) is 0.0476. The molecule has 8 heteroatoms. The lowest BCUT2D eigenvalue weighted by Gasteiger charge is -2.08. The Morgan fingerprint density at radius 1 is 0.931 bits per heavy atom. The number of hydrazone groups is 1. The van der Waals surface area contributed by atoms with Crippen LogP contribution in [0, 0.1) is 0 Å². The maximum absolute atomic E-state index is 12.4. The molecule has 0 heterocycles. The first-order chi connectivity index (χ1) is 14.0. The van der Waals surface area contributed by atoms with Gasteiger partial charge in [0.25, 0.3) is 5.91 Å². The lowest BCUT2D eigenvalue weighted by Crippen LogP contribution is -2.17. The van der Waals surface area contributed by atoms with E-state index in [0.717, 1.165) is 0 Å². The van der Waals surface area contributed by atoms with Gasteiger partial charge in [-0.1, -0.05) is 30.3 Å². The van der Waals surface area contributed by atoms with Crippen molar-refractivity contribution in [2.45, 2.75) is 4.90 Å². The van der Waals surface area contributed by atoms with Gasteiger partial charge in [0.2, 0.25) is 0 Å². The molecule has 0 atom stereocenters. The van der Waals surface area contributed by atoms with Gasteiger partial charge in [0.05, 0.1) is 13.3 Å². The van der Waals surface area contributed by atoms with E-state index in [1.165, 1.54) is 49.7 Å². The summed E-state index contributed by atoms with van der Waals surface area (Å²) in [6.45, 7) is 0. The molecule has 0 spiro atoms. The van der Waals surface area contributed by atoms with Gasteiger partial charge < -0.3 is 8.92 Å². The van der Waals surface area contributed by atoms with Crippen LogP contribution in [0.2, 0.25) is 0 Å². The molecular formula is C21H18N2O5S. The second kappa shape index (κ2) is 9.03. The third-order valence-corrected chi connectivity index (χ3v) is 5.09. The second-order valence-corrected chi connectivity index (χ2v) is 7.40. The highest BCUT2D eigenvalue weighted by Crippen LogP contribution is 2.21. The first-order valence-electron chi connectivity index (χ1n) is 8.55. The predicted molar refractivity (Wildman–Crippen MR) is 109 cm³/mol. The summed E-state index contributed by atoms with van der Waals surface area (Å²) < 4.78 is 35.0. The van der Waals surface area contributed by atoms with Crippen molar-refractivity contribution < 1.29 is 22.1 Å². The molecule has 0 unspecified atom stereocenters. The van der Waals surface area contributed by atoms with Crippen molar-refractivity contribution in [3.63, 3.8) is 0 Å². The third kappa shape index (κ3) is 5.43. The molecule has 0 radical (unpaired) electrons. The van der Waals surface area contributed by atoms with Crippen molar-refractivity contribution in [1.82, 2.24) is 5.43 Å². The molecule has 0 fully saturated rings. The van der Waals surface area contributed by atoms with Crippen molar-refractivity contribution in [3.8, 4) is 11.5 Å². The minimum atomic E-state index is -3.99. The Labute approximate surface area is 168 Å². The zero-order valence-corrected chi connectivity index (χ0v) is 16.3. The van der Waals surface area contributed by atoms with Crippen LogP contribution in [0.5, 0.6) is 11.5 Å². The molecule has 3 aromatic carbocycles. The standard InChI is InChI=1S/C21H18N2O5S/c1-27-18-10-12-20(13-11-18)29(25,26)28-19-9-5-6-16(14-19)15-22-23-21(24)17-7-3-2-4-8-17/h2-15H,1H3,(H,23,24)/b22-15-. The molecule has 0 bridgehead atoms. The highest BCUT2D eigenvalue weighted by Gasteiger charge is 2.16. The highest BCUT2D eigenvalue weighted by molar-refractivity contribution is 7.87. The van der Waals surface area contributed by atoms with Gasteiger partial charge in [0.15, 0.2) is 0 Å². The Hall–Kier alpha value is -3.65. The summed E-state index contributed by atoms with van der Waals surface area (Å²) in [7, 11) is -2.50. The van der Waals surface area contributed by atoms with Gasteiger partial charge in [-0.2, -0.15) is 13.5 Å². The van der Waals surface area contributed by atoms with Crippen LogP contribution < -0.4 is 14.3 Å². The number of amides is 1. The molecule has 0 aliphatic heterocycles. The number of carbonyl (C=O) groups excluding carboxylic acids is 1. The van der Waals surface area contributed by atoms with Gasteiger partial charge in [-0.15, -0.1) is 0 Å². The van der Waals surface area contributed by atoms with Crippen LogP contribution in [-0.2, 0) is 10.1 Å². The number of hydrogen-bond acceptors (Lipinski definition) is 6. The Balaban J connectivity index is 1.68. The van der Waals surface area contributed by atoms with E-state index in [1.54, 1.807) is 36.4 Å². The number of rotatable bonds is 7. The number of nitrogens with one attached hydrogen (secondary N) is 1. The summed E-state index contributed by atoms with van der Waals surface area (Å²) in [6, 6.07) is 20.9. The van der Waals surface area contributed by atoms with Crippen molar-refractivity contribution >= 4 is 22.2 Å². The van der Waals surface area contributed by atoms with Crippen LogP contribution in [0.4, 0.5) is 0 Å². The molecule has 7 nitrogen and oxygen atoms in total. The zero-order chi connectivity index (χ0) is 20.7. The molecule has 1 N–H and O–H groups in total. The normalized spacial score (nSPS) is 11.2. The van der Waals surface area contributed by atoms with Gasteiger partial charge in [-0.25, -0.2) is 5.43 Å². The maximum atomic E-state index is 12.4. The summed E-state index contributed by atoms with van der Waals surface area (Å²) >= 11 is 0. The monoisotopic (exact) mass is 410 g/mol. The van der Waals surface area contributed by atoms with Gasteiger partial charge in [0, 0.05) is 5.56 Å². The second-order valence-electron chi connectivity index (χ2n) is 5.85. The van der Waals surface area contributed by atoms with Crippen molar-refractivity contribution in [2.75, 3.05) is 7.11 Å². The molecule has 0 saturated heterocycles. The van der Waals surface area contributed by atoms with E-state index in [9.17, 15) is 13.2 Å². The Morgan fingerprint density at radius 3 is 2.34 bits per heavy atom. The van der Waals surface area contributed by atoms with E-state index in [2.05, 4.69) is 10.5 Å². The van der Waals surface area contributed by atoms with E-state index in [1.807, 2.05) is 6.07 Å². The van der Waals surface area contributed by atoms with E-state index in [-0.39, 0.29) is 16.6 Å². The maximum Gasteiger partial charge on any atom is 0.339 e. The minimum Gasteiger partial charge on any atom is -0.497 e. The number of nitrogens with zero attached hydrogens (tertiary/aromatic N) is 1. The Bertz CT molecular complexity index is 1110. The van der Waals surface area contributed by atoms with Crippen molar-refractivity contribution in [2.24, 2.45) is 5.10 Å². The van der Waals surface area contributed by atoms with Gasteiger partial charge in [-0.05, 0) is 54.1 Å². The lowest BCUT2D eigenvalue weighted by molar-refractivity contribution is 0.0955. The third-order valence-electron chi connectivity index (χ3n) is 3.83. The van der Waals surface area contributed by atoms with E-state index >= 15 is 0 Å². The van der Waals surface area contributed by atoms with Gasteiger partial charge in [0.1, 0.15) is 16.4 Å². The quantitative estimate of drug-likeness (QED) is 0.367. The van der Waals surface area contributed by atoms with Crippen LogP contribution in [0.25, 0.3) is 0 Å². The fourth-order valence-corrected chi connectivity index (χ4v) is 3.31. The van der Waals surface area contributed by atoms with Gasteiger partial charge in [-0.3, -0.25) is 4.79 Å². The Morgan fingerprint density at radius 2 is 1.66 bits per heavy atom. The van der Waals surface area contributed by atoms with Crippen molar-refractivity contribution in [1.29, 1.82) is 0 Å². The SMILES string of the molecule is COc1ccc(S(=O)(=O)Oc2cccc(/C=N\NC(=O)c3ccccc3)c2)cc1. The van der Waals surface area contributed by atoms with E-state index in [0.29, 0.717) is 16.9 Å². The molecule has 0 aliphatic rings. The van der Waals surface area contributed by atoms with Crippen LogP contribution in [0.15, 0.2) is 88.9 Å². The molecule has 0 aliphatic carbocycles. The number of methoxy groups -OCH3 is 1. The van der Waals surface area contributed by atoms with Crippen LogP contribution in [-0.4, -0.2) is 27.6 Å². The lowest BCUT2D eigenvalue weighted by atomic mass is 10.2. The van der Waals surface area contributed by atoms with Crippen molar-refractivity contribution in [3.05, 3.63) is 90.0 Å². The Kier molecular flexibility index (Phi) is 6.25. The molecule has 1 amide bonds. The number of ether oxygens (including phenoxy) is 1. The molecule has 3 rings (SSSR count). The minimum absolute atomic E-state index is 0.00694. The first-order valence-corrected chi connectivity index (χ1v) is 9.96. The molecular weight excluding hydrogens is 392 g/mol. The molecule has 148 valence electrons. The van der Waals surface area contributed by atoms with E-state index in [4.69, 9.17) is 8.92 Å². The molecule has 29 heavy (non-hydrogen) atoms. The molecule has 0 aromatic heterocycles. The average molecular weight is 410 g/mol. The van der Waals surface area contributed by atoms with Gasteiger partial charge >= 0.3 is 10.1 Å². The van der Waals surface area contributed by atoms with Crippen LogP contribution >= 0.6 is 0 Å². The zero-order valence-electron chi connectivity index (χ0n) is 15.5.